The van der Waals surface area contributed by atoms with Gasteiger partial charge in [0.1, 0.15) is 6.07 Å². The maximum Gasteiger partial charge on any atom is 0.101 e. The zero-order chi connectivity index (χ0) is 11.7. The van der Waals surface area contributed by atoms with Crippen LogP contribution >= 0.6 is 15.9 Å². The summed E-state index contributed by atoms with van der Waals surface area (Å²) in [6.45, 7) is 0.707. The van der Waals surface area contributed by atoms with E-state index >= 15 is 0 Å². The smallest absolute Gasteiger partial charge is 0.101 e. The third kappa shape index (κ3) is 2.05. The van der Waals surface area contributed by atoms with Gasteiger partial charge in [-0.05, 0) is 18.2 Å². The summed E-state index contributed by atoms with van der Waals surface area (Å²) in [5.74, 6) is 0. The van der Waals surface area contributed by atoms with Crippen molar-refractivity contribution in [2.75, 3.05) is 18.0 Å². The summed E-state index contributed by atoms with van der Waals surface area (Å²) in [5, 5.41) is 27.9. The van der Waals surface area contributed by atoms with Crippen molar-refractivity contribution in [3.05, 3.63) is 28.2 Å². The zero-order valence-electron chi connectivity index (χ0n) is 8.47. The van der Waals surface area contributed by atoms with Crippen LogP contribution in [0.5, 0.6) is 0 Å². The minimum absolute atomic E-state index is 0.353. The summed E-state index contributed by atoms with van der Waals surface area (Å²) in [7, 11) is 0. The van der Waals surface area contributed by atoms with Crippen molar-refractivity contribution in [2.45, 2.75) is 12.2 Å². The normalized spacial score (nSPS) is 24.5. The Labute approximate surface area is 102 Å². The highest BCUT2D eigenvalue weighted by molar-refractivity contribution is 9.10. The molecule has 4 nitrogen and oxygen atoms in total. The second-order valence-corrected chi connectivity index (χ2v) is 4.73. The maximum absolute atomic E-state index is 9.48. The summed E-state index contributed by atoms with van der Waals surface area (Å²) < 4.78 is 0.873. The summed E-state index contributed by atoms with van der Waals surface area (Å²) in [6, 6.07) is 7.44. The maximum atomic E-state index is 9.48. The molecule has 1 aliphatic rings. The van der Waals surface area contributed by atoms with Crippen LogP contribution in [0.25, 0.3) is 0 Å². The lowest BCUT2D eigenvalue weighted by Crippen LogP contribution is -2.22. The van der Waals surface area contributed by atoms with Gasteiger partial charge in [-0.15, -0.1) is 0 Å². The molecule has 2 rings (SSSR count). The number of anilines is 1. The molecule has 2 atom stereocenters. The topological polar surface area (TPSA) is 67.5 Å². The number of hydrogen-bond acceptors (Lipinski definition) is 4. The van der Waals surface area contributed by atoms with Gasteiger partial charge in [0.15, 0.2) is 0 Å². The van der Waals surface area contributed by atoms with Crippen LogP contribution in [-0.2, 0) is 0 Å². The molecular weight excluding hydrogens is 272 g/mol. The molecule has 5 heteroatoms. The fraction of sp³-hybridized carbons (Fsp3) is 0.364. The van der Waals surface area contributed by atoms with Gasteiger partial charge in [-0.3, -0.25) is 0 Å². The van der Waals surface area contributed by atoms with Crippen LogP contribution in [0.3, 0.4) is 0 Å². The second-order valence-electron chi connectivity index (χ2n) is 3.81. The molecule has 1 heterocycles. The van der Waals surface area contributed by atoms with E-state index in [1.54, 1.807) is 12.1 Å². The van der Waals surface area contributed by atoms with E-state index in [-0.39, 0.29) is 0 Å². The van der Waals surface area contributed by atoms with E-state index in [4.69, 9.17) is 5.26 Å². The highest BCUT2D eigenvalue weighted by Crippen LogP contribution is 2.27. The van der Waals surface area contributed by atoms with E-state index in [1.165, 1.54) is 0 Å². The van der Waals surface area contributed by atoms with Crippen molar-refractivity contribution in [3.63, 3.8) is 0 Å². The summed E-state index contributed by atoms with van der Waals surface area (Å²) >= 11 is 3.34. The number of aliphatic hydroxyl groups is 2. The largest absolute Gasteiger partial charge is 0.389 e. The Balaban J connectivity index is 2.34. The van der Waals surface area contributed by atoms with E-state index in [0.29, 0.717) is 18.7 Å². The van der Waals surface area contributed by atoms with Crippen LogP contribution in [0.15, 0.2) is 22.7 Å². The number of rotatable bonds is 1. The first-order chi connectivity index (χ1) is 7.61. The first-order valence-electron chi connectivity index (χ1n) is 4.92. The number of nitriles is 1. The predicted octanol–water partition coefficient (Wildman–Crippen LogP) is 0.863. The van der Waals surface area contributed by atoms with Gasteiger partial charge < -0.3 is 15.1 Å². The molecular formula is C11H11BrN2O2. The van der Waals surface area contributed by atoms with Crippen molar-refractivity contribution in [3.8, 4) is 6.07 Å². The molecule has 0 spiro atoms. The van der Waals surface area contributed by atoms with Crippen LogP contribution < -0.4 is 4.90 Å². The molecule has 1 aromatic rings. The first kappa shape index (κ1) is 11.4. The second kappa shape index (κ2) is 4.42. The third-order valence-electron chi connectivity index (χ3n) is 2.68. The number of aliphatic hydroxyl groups excluding tert-OH is 2. The van der Waals surface area contributed by atoms with Gasteiger partial charge in [0.2, 0.25) is 0 Å². The standard InChI is InChI=1S/C11H11BrN2O2/c12-8-2-1-7(4-13)9(3-8)14-5-10(15)11(16)6-14/h1-3,10-11,15-16H,5-6H2. The Bertz CT molecular complexity index is 434. The monoisotopic (exact) mass is 282 g/mol. The Morgan fingerprint density at radius 2 is 1.94 bits per heavy atom. The molecule has 84 valence electrons. The Kier molecular flexibility index (Phi) is 3.15. The Morgan fingerprint density at radius 1 is 1.31 bits per heavy atom. The Hall–Kier alpha value is -1.09. The molecule has 0 bridgehead atoms. The van der Waals surface area contributed by atoms with Gasteiger partial charge in [0.25, 0.3) is 0 Å². The number of hydrogen-bond donors (Lipinski definition) is 2. The van der Waals surface area contributed by atoms with Gasteiger partial charge in [0.05, 0.1) is 23.5 Å². The SMILES string of the molecule is N#Cc1ccc(Br)cc1N1CC(O)C(O)C1. The zero-order valence-corrected chi connectivity index (χ0v) is 10.1. The number of nitrogens with zero attached hydrogens (tertiary/aromatic N) is 2. The lowest BCUT2D eigenvalue weighted by molar-refractivity contribution is 0.0572. The van der Waals surface area contributed by atoms with E-state index in [2.05, 4.69) is 22.0 Å². The molecule has 2 unspecified atom stereocenters. The van der Waals surface area contributed by atoms with E-state index < -0.39 is 12.2 Å². The van der Waals surface area contributed by atoms with Crippen molar-refractivity contribution in [1.29, 1.82) is 5.26 Å². The number of halogens is 1. The average molecular weight is 283 g/mol. The molecule has 0 aliphatic carbocycles. The minimum Gasteiger partial charge on any atom is -0.389 e. The predicted molar refractivity (Wildman–Crippen MR) is 63.1 cm³/mol. The van der Waals surface area contributed by atoms with Crippen LogP contribution in [0, 0.1) is 11.3 Å². The van der Waals surface area contributed by atoms with Crippen LogP contribution in [0.4, 0.5) is 5.69 Å². The summed E-state index contributed by atoms with van der Waals surface area (Å²) in [4.78, 5) is 1.82. The van der Waals surface area contributed by atoms with E-state index in [0.717, 1.165) is 10.2 Å². The van der Waals surface area contributed by atoms with E-state index in [9.17, 15) is 10.2 Å². The van der Waals surface area contributed by atoms with Crippen molar-refractivity contribution >= 4 is 21.6 Å². The lowest BCUT2D eigenvalue weighted by Gasteiger charge is -2.19. The van der Waals surface area contributed by atoms with Crippen molar-refractivity contribution in [1.82, 2.24) is 0 Å². The lowest BCUT2D eigenvalue weighted by atomic mass is 10.2. The molecule has 2 N–H and O–H groups in total. The van der Waals surface area contributed by atoms with Crippen LogP contribution in [0.2, 0.25) is 0 Å². The fourth-order valence-corrected chi connectivity index (χ4v) is 2.18. The number of β-amino-alcohol motifs (C(OH)–C–C–N with tert-alkyl or cyclic N) is 2. The number of benzene rings is 1. The minimum atomic E-state index is -0.745. The molecule has 0 aromatic heterocycles. The highest BCUT2D eigenvalue weighted by Gasteiger charge is 2.30. The van der Waals surface area contributed by atoms with Crippen molar-refractivity contribution < 1.29 is 10.2 Å². The molecule has 0 saturated carbocycles. The summed E-state index contributed by atoms with van der Waals surface area (Å²) in [6.07, 6.45) is -1.49. The average Bonchev–Trinajstić information content (AvgIpc) is 2.59. The summed E-state index contributed by atoms with van der Waals surface area (Å²) in [5.41, 5.74) is 1.29. The van der Waals surface area contributed by atoms with Crippen LogP contribution in [-0.4, -0.2) is 35.5 Å². The van der Waals surface area contributed by atoms with E-state index in [1.807, 2.05) is 11.0 Å². The quantitative estimate of drug-likeness (QED) is 0.802. The van der Waals surface area contributed by atoms with Crippen molar-refractivity contribution in [2.24, 2.45) is 0 Å². The van der Waals surface area contributed by atoms with Crippen LogP contribution in [0.1, 0.15) is 5.56 Å². The van der Waals surface area contributed by atoms with Gasteiger partial charge in [0, 0.05) is 17.6 Å². The molecule has 1 fully saturated rings. The third-order valence-corrected chi connectivity index (χ3v) is 3.17. The first-order valence-corrected chi connectivity index (χ1v) is 5.72. The van der Waals surface area contributed by atoms with Gasteiger partial charge >= 0.3 is 0 Å². The molecule has 1 saturated heterocycles. The molecule has 16 heavy (non-hydrogen) atoms. The van der Waals surface area contributed by atoms with Gasteiger partial charge in [-0.2, -0.15) is 5.26 Å². The molecule has 0 amide bonds. The molecule has 1 aliphatic heterocycles. The molecule has 0 radical (unpaired) electrons. The fourth-order valence-electron chi connectivity index (χ4n) is 1.83. The highest BCUT2D eigenvalue weighted by atomic mass is 79.9. The van der Waals surface area contributed by atoms with Gasteiger partial charge in [-0.25, -0.2) is 0 Å². The van der Waals surface area contributed by atoms with Gasteiger partial charge in [-0.1, -0.05) is 15.9 Å². The molecule has 1 aromatic carbocycles. The Morgan fingerprint density at radius 3 is 2.50 bits per heavy atom.